The number of hydrogen-bond donors (Lipinski definition) is 0. The molecule has 0 spiro atoms. The highest BCUT2D eigenvalue weighted by Crippen LogP contribution is 2.36. The topological polar surface area (TPSA) is 21.1 Å². The van der Waals surface area contributed by atoms with Gasteiger partial charge in [0.05, 0.1) is 0 Å². The van der Waals surface area contributed by atoms with E-state index >= 15 is 0 Å². The minimum atomic E-state index is 0.729. The van der Waals surface area contributed by atoms with Crippen molar-refractivity contribution < 1.29 is 0 Å². The largest absolute Gasteiger partial charge is 0.332 e. The van der Waals surface area contributed by atoms with Crippen LogP contribution in [0.1, 0.15) is 24.7 Å². The maximum Gasteiger partial charge on any atom is 0.108 e. The van der Waals surface area contributed by atoms with Gasteiger partial charge in [-0.15, -0.1) is 0 Å². The third kappa shape index (κ3) is 1.39. The Labute approximate surface area is 98.0 Å². The first-order valence-electron chi connectivity index (χ1n) is 5.27. The number of aryl methyl sites for hydroxylation is 1. The number of imidazole rings is 1. The lowest BCUT2D eigenvalue weighted by atomic mass is 9.86. The molecule has 0 N–H and O–H groups in total. The van der Waals surface area contributed by atoms with Gasteiger partial charge in [0.25, 0.3) is 0 Å². The SMILES string of the molecule is IN1CCC2C(CCc3nccn32)C1. The minimum absolute atomic E-state index is 0.729. The van der Waals surface area contributed by atoms with Crippen LogP contribution in [0.25, 0.3) is 0 Å². The second-order valence-corrected chi connectivity index (χ2v) is 5.64. The van der Waals surface area contributed by atoms with Gasteiger partial charge in [-0.1, -0.05) is 0 Å². The Bertz CT molecular complexity index is 336. The van der Waals surface area contributed by atoms with Crippen molar-refractivity contribution in [1.82, 2.24) is 12.7 Å². The quantitative estimate of drug-likeness (QED) is 0.540. The van der Waals surface area contributed by atoms with E-state index in [9.17, 15) is 0 Å². The van der Waals surface area contributed by atoms with Crippen LogP contribution in [-0.2, 0) is 6.42 Å². The normalized spacial score (nSPS) is 32.4. The van der Waals surface area contributed by atoms with Crippen LogP contribution < -0.4 is 0 Å². The van der Waals surface area contributed by atoms with E-state index in [0.717, 1.165) is 12.0 Å². The summed E-state index contributed by atoms with van der Waals surface area (Å²) in [5.41, 5.74) is 0. The highest BCUT2D eigenvalue weighted by Gasteiger charge is 2.33. The van der Waals surface area contributed by atoms with Crippen LogP contribution in [0.4, 0.5) is 0 Å². The summed E-state index contributed by atoms with van der Waals surface area (Å²) in [6, 6.07) is 0.729. The van der Waals surface area contributed by atoms with Gasteiger partial charge in [0.15, 0.2) is 0 Å². The number of nitrogens with zero attached hydrogens (tertiary/aromatic N) is 3. The van der Waals surface area contributed by atoms with Gasteiger partial charge in [-0.05, 0) is 18.8 Å². The number of aromatic nitrogens is 2. The van der Waals surface area contributed by atoms with Crippen LogP contribution >= 0.6 is 22.9 Å². The van der Waals surface area contributed by atoms with Gasteiger partial charge >= 0.3 is 0 Å². The van der Waals surface area contributed by atoms with Crippen molar-refractivity contribution in [3.63, 3.8) is 0 Å². The highest BCUT2D eigenvalue weighted by molar-refractivity contribution is 14.1. The lowest BCUT2D eigenvalue weighted by Crippen LogP contribution is -2.39. The van der Waals surface area contributed by atoms with Crippen molar-refractivity contribution >= 4 is 22.9 Å². The summed E-state index contributed by atoms with van der Waals surface area (Å²) < 4.78 is 4.85. The summed E-state index contributed by atoms with van der Waals surface area (Å²) in [6.45, 7) is 2.47. The van der Waals surface area contributed by atoms with Crippen molar-refractivity contribution in [2.24, 2.45) is 5.92 Å². The summed E-state index contributed by atoms with van der Waals surface area (Å²) in [5.74, 6) is 2.15. The average molecular weight is 303 g/mol. The summed E-state index contributed by atoms with van der Waals surface area (Å²) in [7, 11) is 0. The predicted octanol–water partition coefficient (Wildman–Crippen LogP) is 2.04. The van der Waals surface area contributed by atoms with E-state index in [-0.39, 0.29) is 0 Å². The molecule has 4 heteroatoms. The van der Waals surface area contributed by atoms with Crippen molar-refractivity contribution in [1.29, 1.82) is 0 Å². The Morgan fingerprint density at radius 3 is 3.29 bits per heavy atom. The number of halogens is 1. The van der Waals surface area contributed by atoms with Gasteiger partial charge in [0, 0.05) is 60.8 Å². The molecule has 1 fully saturated rings. The third-order valence-corrected chi connectivity index (χ3v) is 4.37. The van der Waals surface area contributed by atoms with Gasteiger partial charge in [0.1, 0.15) is 5.82 Å². The maximum absolute atomic E-state index is 4.41. The van der Waals surface area contributed by atoms with Crippen LogP contribution in [0.2, 0.25) is 0 Å². The lowest BCUT2D eigenvalue weighted by molar-refractivity contribution is 0.176. The molecule has 0 saturated carbocycles. The van der Waals surface area contributed by atoms with E-state index in [1.54, 1.807) is 0 Å². The number of rotatable bonds is 0. The minimum Gasteiger partial charge on any atom is -0.332 e. The monoisotopic (exact) mass is 303 g/mol. The van der Waals surface area contributed by atoms with E-state index < -0.39 is 0 Å². The van der Waals surface area contributed by atoms with Crippen LogP contribution in [0.15, 0.2) is 12.4 Å². The zero-order chi connectivity index (χ0) is 9.54. The van der Waals surface area contributed by atoms with Gasteiger partial charge in [0.2, 0.25) is 0 Å². The molecule has 2 aliphatic rings. The second kappa shape index (κ2) is 3.48. The highest BCUT2D eigenvalue weighted by atomic mass is 127. The molecule has 0 bridgehead atoms. The van der Waals surface area contributed by atoms with Crippen LogP contribution in [-0.4, -0.2) is 25.8 Å². The Morgan fingerprint density at radius 2 is 2.36 bits per heavy atom. The summed E-state index contributed by atoms with van der Waals surface area (Å²) in [5, 5.41) is 0. The molecule has 3 nitrogen and oxygen atoms in total. The van der Waals surface area contributed by atoms with E-state index in [1.165, 1.54) is 38.2 Å². The molecule has 3 rings (SSSR count). The molecule has 2 atom stereocenters. The maximum atomic E-state index is 4.41. The van der Waals surface area contributed by atoms with Crippen molar-refractivity contribution in [2.75, 3.05) is 13.1 Å². The first kappa shape index (κ1) is 9.15. The molecule has 0 amide bonds. The molecule has 2 unspecified atom stereocenters. The fourth-order valence-electron chi connectivity index (χ4n) is 2.78. The van der Waals surface area contributed by atoms with Crippen LogP contribution in [0.3, 0.4) is 0 Å². The van der Waals surface area contributed by atoms with Gasteiger partial charge in [-0.3, -0.25) is 0 Å². The summed E-state index contributed by atoms with van der Waals surface area (Å²) in [4.78, 5) is 4.41. The molecular formula is C10H14IN3. The first-order valence-corrected chi connectivity index (χ1v) is 6.23. The number of piperidine rings is 1. The van der Waals surface area contributed by atoms with E-state index in [0.29, 0.717) is 0 Å². The molecule has 1 aromatic heterocycles. The van der Waals surface area contributed by atoms with Gasteiger partial charge in [-0.25, -0.2) is 8.10 Å². The molecule has 2 aliphatic heterocycles. The Balaban J connectivity index is 1.91. The van der Waals surface area contributed by atoms with E-state index in [2.05, 4.69) is 41.7 Å². The molecule has 0 aromatic carbocycles. The van der Waals surface area contributed by atoms with E-state index in [4.69, 9.17) is 0 Å². The van der Waals surface area contributed by atoms with Gasteiger partial charge < -0.3 is 4.57 Å². The Hall–Kier alpha value is -0.100. The predicted molar refractivity (Wildman–Crippen MR) is 63.3 cm³/mol. The molecular weight excluding hydrogens is 289 g/mol. The molecule has 3 heterocycles. The smallest absolute Gasteiger partial charge is 0.108 e. The van der Waals surface area contributed by atoms with Crippen molar-refractivity contribution in [3.8, 4) is 0 Å². The number of fused-ring (bicyclic) bond motifs is 3. The molecule has 76 valence electrons. The van der Waals surface area contributed by atoms with Crippen molar-refractivity contribution in [3.05, 3.63) is 18.2 Å². The second-order valence-electron chi connectivity index (χ2n) is 4.27. The molecule has 0 aliphatic carbocycles. The van der Waals surface area contributed by atoms with Crippen LogP contribution in [0.5, 0.6) is 0 Å². The molecule has 1 saturated heterocycles. The zero-order valence-electron chi connectivity index (χ0n) is 8.06. The Morgan fingerprint density at radius 1 is 1.43 bits per heavy atom. The molecule has 1 aromatic rings. The fourth-order valence-corrected chi connectivity index (χ4v) is 3.56. The Kier molecular flexibility index (Phi) is 2.28. The van der Waals surface area contributed by atoms with E-state index in [1.807, 2.05) is 6.20 Å². The summed E-state index contributed by atoms with van der Waals surface area (Å²) in [6.07, 6.45) is 7.89. The zero-order valence-corrected chi connectivity index (χ0v) is 10.2. The third-order valence-electron chi connectivity index (χ3n) is 3.49. The summed E-state index contributed by atoms with van der Waals surface area (Å²) >= 11 is 2.45. The number of hydrogen-bond acceptors (Lipinski definition) is 2. The van der Waals surface area contributed by atoms with Gasteiger partial charge in [-0.2, -0.15) is 0 Å². The van der Waals surface area contributed by atoms with Crippen molar-refractivity contribution in [2.45, 2.75) is 25.3 Å². The first-order chi connectivity index (χ1) is 6.84. The fraction of sp³-hybridized carbons (Fsp3) is 0.700. The average Bonchev–Trinajstić information content (AvgIpc) is 2.65. The lowest BCUT2D eigenvalue weighted by Gasteiger charge is -2.39. The molecule has 0 radical (unpaired) electrons. The standard InChI is InChI=1S/C10H14IN3/c11-13-5-3-9-8(7-13)1-2-10-12-4-6-14(9)10/h4,6,8-9H,1-3,5,7H2. The molecule has 14 heavy (non-hydrogen) atoms. The van der Waals surface area contributed by atoms with Crippen LogP contribution in [0, 0.1) is 5.92 Å².